The van der Waals surface area contributed by atoms with Gasteiger partial charge in [-0.3, -0.25) is 9.13 Å². The number of unbranched alkanes of at least 4 members (excludes halogenated alkanes) is 1. The normalized spacial score (nSPS) is 12.9. The molecule has 0 saturated carbocycles. The summed E-state index contributed by atoms with van der Waals surface area (Å²) in [7, 11) is -5.67. The Labute approximate surface area is 112 Å². The largest absolute Gasteiger partial charge is 0.329 e. The fourth-order valence-corrected chi connectivity index (χ4v) is 1.16. The molecule has 2 unspecified atom stereocenters. The molecule has 0 aromatic carbocycles. The van der Waals surface area contributed by atoms with Crippen LogP contribution in [0.2, 0.25) is 0 Å². The molecule has 0 heterocycles. The summed E-state index contributed by atoms with van der Waals surface area (Å²) in [4.78, 5) is 16.4. The average molecular weight is 334 g/mol. The van der Waals surface area contributed by atoms with Crippen LogP contribution < -0.4 is 11.5 Å². The first-order chi connectivity index (χ1) is 7.54. The Morgan fingerprint density at radius 3 is 1.35 bits per heavy atom. The van der Waals surface area contributed by atoms with Gasteiger partial charge in [-0.2, -0.15) is 0 Å². The van der Waals surface area contributed by atoms with E-state index in [0.29, 0.717) is 25.9 Å². The van der Waals surface area contributed by atoms with E-state index in [0.717, 1.165) is 0 Å². The van der Waals surface area contributed by atoms with Crippen LogP contribution in [0, 0.1) is 0 Å². The molecule has 17 heavy (non-hydrogen) atoms. The predicted molar refractivity (Wildman–Crippen MR) is 61.7 cm³/mol. The van der Waals surface area contributed by atoms with Crippen LogP contribution in [0.4, 0.5) is 0 Å². The summed E-state index contributed by atoms with van der Waals surface area (Å²) in [5.74, 6) is 0. The molecule has 11 heteroatoms. The van der Waals surface area contributed by atoms with Crippen molar-refractivity contribution in [3.63, 3.8) is 0 Å². The minimum absolute atomic E-state index is 0. The molecule has 0 aliphatic carbocycles. The second-order valence-corrected chi connectivity index (χ2v) is 4.15. The van der Waals surface area contributed by atoms with Gasteiger partial charge in [0.25, 0.3) is 0 Å². The molecule has 8 nitrogen and oxygen atoms in total. The molecule has 0 aliphatic heterocycles. The van der Waals surface area contributed by atoms with Crippen molar-refractivity contribution < 1.29 is 45.0 Å². The van der Waals surface area contributed by atoms with E-state index < -0.39 is 16.5 Å². The molecule has 0 radical (unpaired) electrons. The third kappa shape index (κ3) is 31.5. The smallest absolute Gasteiger partial charge is 0.316 e. The first-order valence-electron chi connectivity index (χ1n) is 4.66. The zero-order chi connectivity index (χ0) is 12.8. The second kappa shape index (κ2) is 19.1. The van der Waals surface area contributed by atoms with E-state index in [1.165, 1.54) is 0 Å². The van der Waals surface area contributed by atoms with Gasteiger partial charge in [-0.25, -0.2) is 0 Å². The maximum Gasteiger partial charge on any atom is 0.316 e. The van der Waals surface area contributed by atoms with Crippen LogP contribution in [0.3, 0.4) is 0 Å². The van der Waals surface area contributed by atoms with Crippen LogP contribution in [0.25, 0.3) is 0 Å². The monoisotopic (exact) mass is 334 g/mol. The molecule has 0 spiro atoms. The molecule has 2 atom stereocenters. The molecule has 0 amide bonds. The summed E-state index contributed by atoms with van der Waals surface area (Å²) in [5, 5.41) is 0. The maximum atomic E-state index is 9.99. The molecule has 108 valence electrons. The number of rotatable bonds is 8. The van der Waals surface area contributed by atoms with E-state index in [-0.39, 0.29) is 30.3 Å². The molecule has 6 N–H and O–H groups in total. The Morgan fingerprint density at radius 2 is 1.18 bits per heavy atom. The van der Waals surface area contributed by atoms with E-state index in [4.69, 9.17) is 21.3 Å². The van der Waals surface area contributed by atoms with Crippen molar-refractivity contribution in [1.82, 2.24) is 0 Å². The quantitative estimate of drug-likeness (QED) is 0.263. The van der Waals surface area contributed by atoms with Crippen LogP contribution in [-0.4, -0.2) is 36.1 Å². The van der Waals surface area contributed by atoms with Gasteiger partial charge < -0.3 is 30.3 Å². The van der Waals surface area contributed by atoms with Crippen molar-refractivity contribution in [2.45, 2.75) is 12.8 Å². The number of hydrogen-bond acceptors (Lipinski definition) is 6. The molecule has 0 aromatic rings. The fourth-order valence-electron chi connectivity index (χ4n) is 0.523. The van der Waals surface area contributed by atoms with Gasteiger partial charge in [0.05, 0.1) is 13.2 Å². The summed E-state index contributed by atoms with van der Waals surface area (Å²) < 4.78 is 28.7. The van der Waals surface area contributed by atoms with Crippen LogP contribution in [0.1, 0.15) is 12.8 Å². The fraction of sp³-hybridized carbons (Fsp3) is 1.00. The van der Waals surface area contributed by atoms with Gasteiger partial charge in [0.1, 0.15) is 0 Å². The van der Waals surface area contributed by atoms with Crippen molar-refractivity contribution >= 4 is 16.5 Å². The Kier molecular flexibility index (Phi) is 25.7. The molecule has 0 fully saturated rings. The number of nitrogens with two attached hydrogens (primary N) is 2. The molecule has 0 aromatic heterocycles. The minimum Gasteiger partial charge on any atom is -0.329 e. The standard InChI is InChI=1S/C4H12O6P2.C2H8N2.Fe/c5-11(6)9-3-1-2-4-10-12(7)8;3-1-2-4;/h11-12H,1-4H2,(H,5,6)(H,7,8);1-4H2;. The van der Waals surface area contributed by atoms with Crippen molar-refractivity contribution in [3.05, 3.63) is 0 Å². The van der Waals surface area contributed by atoms with Gasteiger partial charge in [0, 0.05) is 30.2 Å². The predicted octanol–water partition coefficient (Wildman–Crippen LogP) is -0.535. The third-order valence-electron chi connectivity index (χ3n) is 1.16. The van der Waals surface area contributed by atoms with Gasteiger partial charge in [-0.1, -0.05) is 0 Å². The van der Waals surface area contributed by atoms with Gasteiger partial charge in [-0.15, -0.1) is 0 Å². The van der Waals surface area contributed by atoms with E-state index in [1.54, 1.807) is 0 Å². The van der Waals surface area contributed by atoms with E-state index in [9.17, 15) is 9.13 Å². The summed E-state index contributed by atoms with van der Waals surface area (Å²) in [6.07, 6.45) is 1.07. The van der Waals surface area contributed by atoms with E-state index in [2.05, 4.69) is 9.05 Å². The van der Waals surface area contributed by atoms with Crippen LogP contribution in [0.15, 0.2) is 0 Å². The van der Waals surface area contributed by atoms with Gasteiger partial charge in [-0.05, 0) is 12.8 Å². The van der Waals surface area contributed by atoms with Gasteiger partial charge in [0.2, 0.25) is 0 Å². The van der Waals surface area contributed by atoms with Crippen LogP contribution in [0.5, 0.6) is 0 Å². The average Bonchev–Trinajstić information content (AvgIpc) is 2.23. The first kappa shape index (κ1) is 22.9. The van der Waals surface area contributed by atoms with Crippen LogP contribution >= 0.6 is 16.5 Å². The zero-order valence-corrected chi connectivity index (χ0v) is 12.4. The van der Waals surface area contributed by atoms with E-state index in [1.807, 2.05) is 0 Å². The van der Waals surface area contributed by atoms with Crippen molar-refractivity contribution in [3.8, 4) is 0 Å². The molecule has 0 saturated heterocycles. The molecule has 0 bridgehead atoms. The Hall–Kier alpha value is 0.739. The Morgan fingerprint density at radius 1 is 0.882 bits per heavy atom. The Balaban J connectivity index is -0.000000340. The topological polar surface area (TPSA) is 145 Å². The van der Waals surface area contributed by atoms with E-state index >= 15 is 0 Å². The SMILES string of the molecule is NCCN.O=[PH](O)OCCCCO[PH](=O)O.[Fe]. The summed E-state index contributed by atoms with van der Waals surface area (Å²) in [6, 6.07) is 0. The van der Waals surface area contributed by atoms with Crippen molar-refractivity contribution in [1.29, 1.82) is 0 Å². The number of hydrogen-bond donors (Lipinski definition) is 4. The first-order valence-corrected chi connectivity index (χ1v) is 7.18. The maximum absolute atomic E-state index is 9.99. The molecular formula is C6H20FeN2O6P2. The van der Waals surface area contributed by atoms with Gasteiger partial charge in [0.15, 0.2) is 0 Å². The summed E-state index contributed by atoms with van der Waals surface area (Å²) >= 11 is 0. The second-order valence-electron chi connectivity index (χ2n) is 2.51. The molecular weight excluding hydrogens is 314 g/mol. The van der Waals surface area contributed by atoms with Crippen molar-refractivity contribution in [2.75, 3.05) is 26.3 Å². The summed E-state index contributed by atoms with van der Waals surface area (Å²) in [6.45, 7) is 1.54. The minimum atomic E-state index is -2.83. The van der Waals surface area contributed by atoms with Crippen molar-refractivity contribution in [2.24, 2.45) is 11.5 Å². The zero-order valence-electron chi connectivity index (χ0n) is 9.28. The van der Waals surface area contributed by atoms with Crippen LogP contribution in [-0.2, 0) is 35.2 Å². The Bertz CT molecular complexity index is 179. The third-order valence-corrected chi connectivity index (χ3v) is 2.06. The van der Waals surface area contributed by atoms with Gasteiger partial charge >= 0.3 is 16.5 Å². The molecule has 0 rings (SSSR count). The molecule has 0 aliphatic rings. The summed E-state index contributed by atoms with van der Waals surface area (Å²) in [5.41, 5.74) is 9.81.